The highest BCUT2D eigenvalue weighted by molar-refractivity contribution is 5.93. The molecule has 0 spiro atoms. The zero-order chi connectivity index (χ0) is 20.2. The number of hydrogen-bond donors (Lipinski definition) is 0. The Balaban J connectivity index is 0.00000256. The third-order valence-corrected chi connectivity index (χ3v) is 4.91. The van der Waals surface area contributed by atoms with Gasteiger partial charge in [-0.05, 0) is 43.5 Å². The largest absolute Gasteiger partial charge is 1.00 e. The highest BCUT2D eigenvalue weighted by Crippen LogP contribution is 2.25. The Hall–Kier alpha value is -2.98. The summed E-state index contributed by atoms with van der Waals surface area (Å²) in [5.74, 6) is -0.279. The van der Waals surface area contributed by atoms with Gasteiger partial charge in [0.05, 0.1) is 17.1 Å². The molecule has 0 aliphatic carbocycles. The Morgan fingerprint density at radius 3 is 2.30 bits per heavy atom. The van der Waals surface area contributed by atoms with Crippen molar-refractivity contribution >= 4 is 16.7 Å². The quantitative estimate of drug-likeness (QED) is 0.337. The molecule has 0 aliphatic rings. The van der Waals surface area contributed by atoms with Crippen LogP contribution in [0.2, 0.25) is 0 Å². The number of hydrogen-bond acceptors (Lipinski definition) is 2. The number of aromatic nitrogens is 1. The zero-order valence-electron chi connectivity index (χ0n) is 17.1. The average Bonchev–Trinajstić information content (AvgIpc) is 2.74. The van der Waals surface area contributed by atoms with E-state index in [0.717, 1.165) is 16.8 Å². The van der Waals surface area contributed by atoms with Gasteiger partial charge in [0.2, 0.25) is 5.69 Å². The summed E-state index contributed by atoms with van der Waals surface area (Å²) in [6.45, 7) is 4.32. The van der Waals surface area contributed by atoms with Crippen LogP contribution in [0.3, 0.4) is 0 Å². The summed E-state index contributed by atoms with van der Waals surface area (Å²) in [6.07, 6.45) is 1.94. The first kappa shape index (κ1) is 21.7. The minimum Gasteiger partial charge on any atom is -1.00 e. The van der Waals surface area contributed by atoms with E-state index in [1.54, 1.807) is 0 Å². The SMILES string of the molecule is CC(C)OC(=O)c1ccccc1C[n+]1ccc2ccccc2c1-c1ccccc1.[Br-]. The monoisotopic (exact) mass is 461 g/mol. The van der Waals surface area contributed by atoms with E-state index in [9.17, 15) is 4.79 Å². The number of ether oxygens (including phenoxy) is 1. The van der Waals surface area contributed by atoms with Crippen molar-refractivity contribution in [2.24, 2.45) is 0 Å². The lowest BCUT2D eigenvalue weighted by molar-refractivity contribution is -0.676. The summed E-state index contributed by atoms with van der Waals surface area (Å²) in [6, 6.07) is 28.6. The molecule has 3 nitrogen and oxygen atoms in total. The molecule has 0 bridgehead atoms. The maximum Gasteiger partial charge on any atom is 0.338 e. The van der Waals surface area contributed by atoms with Gasteiger partial charge in [0.1, 0.15) is 0 Å². The second-order valence-corrected chi connectivity index (χ2v) is 7.36. The lowest BCUT2D eigenvalue weighted by Crippen LogP contribution is -3.00. The molecule has 30 heavy (non-hydrogen) atoms. The maximum absolute atomic E-state index is 12.6. The second-order valence-electron chi connectivity index (χ2n) is 7.36. The van der Waals surface area contributed by atoms with Crippen molar-refractivity contribution in [1.82, 2.24) is 0 Å². The number of fused-ring (bicyclic) bond motifs is 1. The molecular formula is C26H24BrNO2. The van der Waals surface area contributed by atoms with Crippen LogP contribution < -0.4 is 21.5 Å². The molecule has 4 heteroatoms. The minimum atomic E-state index is -0.279. The molecule has 0 radical (unpaired) electrons. The molecule has 4 aromatic rings. The smallest absolute Gasteiger partial charge is 0.338 e. The van der Waals surface area contributed by atoms with E-state index in [2.05, 4.69) is 65.4 Å². The fraction of sp³-hybridized carbons (Fsp3) is 0.154. The van der Waals surface area contributed by atoms with Crippen LogP contribution in [0.4, 0.5) is 0 Å². The molecule has 0 aliphatic heterocycles. The van der Waals surface area contributed by atoms with E-state index in [0.29, 0.717) is 12.1 Å². The van der Waals surface area contributed by atoms with Gasteiger partial charge in [-0.1, -0.05) is 54.6 Å². The van der Waals surface area contributed by atoms with E-state index in [4.69, 9.17) is 4.74 Å². The van der Waals surface area contributed by atoms with Crippen LogP contribution in [0.15, 0.2) is 91.1 Å². The van der Waals surface area contributed by atoms with Gasteiger partial charge in [-0.3, -0.25) is 0 Å². The minimum absolute atomic E-state index is 0. The lowest BCUT2D eigenvalue weighted by atomic mass is 10.0. The summed E-state index contributed by atoms with van der Waals surface area (Å²) in [7, 11) is 0. The average molecular weight is 462 g/mol. The van der Waals surface area contributed by atoms with Crippen molar-refractivity contribution < 1.29 is 31.1 Å². The molecule has 0 atom stereocenters. The van der Waals surface area contributed by atoms with E-state index < -0.39 is 0 Å². The molecule has 0 fully saturated rings. The molecule has 152 valence electrons. The van der Waals surface area contributed by atoms with Crippen molar-refractivity contribution in [3.8, 4) is 11.3 Å². The van der Waals surface area contributed by atoms with Gasteiger partial charge >= 0.3 is 5.97 Å². The van der Waals surface area contributed by atoms with Crippen LogP contribution in [0.1, 0.15) is 29.8 Å². The lowest BCUT2D eigenvalue weighted by Gasteiger charge is -2.12. The summed E-state index contributed by atoms with van der Waals surface area (Å²) in [5.41, 5.74) is 3.83. The fourth-order valence-corrected chi connectivity index (χ4v) is 3.63. The van der Waals surface area contributed by atoms with Crippen LogP contribution in [0.25, 0.3) is 22.0 Å². The Kier molecular flexibility index (Phi) is 7.01. The van der Waals surface area contributed by atoms with E-state index in [1.807, 2.05) is 44.2 Å². The number of rotatable bonds is 5. The van der Waals surface area contributed by atoms with Crippen molar-refractivity contribution in [2.75, 3.05) is 0 Å². The molecule has 0 N–H and O–H groups in total. The Bertz CT molecular complexity index is 1160. The molecular weight excluding hydrogens is 438 g/mol. The predicted molar refractivity (Wildman–Crippen MR) is 116 cm³/mol. The van der Waals surface area contributed by atoms with Crippen molar-refractivity contribution in [3.63, 3.8) is 0 Å². The normalized spacial score (nSPS) is 10.6. The summed E-state index contributed by atoms with van der Waals surface area (Å²) in [4.78, 5) is 12.6. The first-order valence-electron chi connectivity index (χ1n) is 9.89. The van der Waals surface area contributed by atoms with Crippen LogP contribution in [-0.2, 0) is 11.3 Å². The van der Waals surface area contributed by atoms with Gasteiger partial charge < -0.3 is 21.7 Å². The number of pyridine rings is 1. The number of benzene rings is 3. The highest BCUT2D eigenvalue weighted by Gasteiger charge is 2.21. The molecule has 3 aromatic carbocycles. The first-order valence-corrected chi connectivity index (χ1v) is 9.89. The van der Waals surface area contributed by atoms with Gasteiger partial charge in [0.25, 0.3) is 0 Å². The second kappa shape index (κ2) is 9.68. The van der Waals surface area contributed by atoms with E-state index >= 15 is 0 Å². The predicted octanol–water partition coefficient (Wildman–Crippen LogP) is 2.41. The summed E-state index contributed by atoms with van der Waals surface area (Å²) < 4.78 is 7.66. The van der Waals surface area contributed by atoms with Crippen molar-refractivity contribution in [2.45, 2.75) is 26.5 Å². The van der Waals surface area contributed by atoms with Crippen LogP contribution >= 0.6 is 0 Å². The molecule has 0 unspecified atom stereocenters. The molecule has 1 aromatic heterocycles. The van der Waals surface area contributed by atoms with E-state index in [1.165, 1.54) is 10.8 Å². The molecule has 0 saturated carbocycles. The van der Waals surface area contributed by atoms with Gasteiger partial charge in [-0.2, -0.15) is 4.57 Å². The molecule has 1 heterocycles. The van der Waals surface area contributed by atoms with Crippen molar-refractivity contribution in [1.29, 1.82) is 0 Å². The number of esters is 1. The van der Waals surface area contributed by atoms with Crippen LogP contribution in [0.5, 0.6) is 0 Å². The van der Waals surface area contributed by atoms with Gasteiger partial charge in [-0.25, -0.2) is 4.79 Å². The highest BCUT2D eigenvalue weighted by atomic mass is 79.9. The van der Waals surface area contributed by atoms with Crippen LogP contribution in [0, 0.1) is 0 Å². The third-order valence-electron chi connectivity index (χ3n) is 4.91. The number of halogens is 1. The van der Waals surface area contributed by atoms with Crippen molar-refractivity contribution in [3.05, 3.63) is 102 Å². The van der Waals surface area contributed by atoms with Gasteiger partial charge in [0, 0.05) is 17.2 Å². The van der Waals surface area contributed by atoms with E-state index in [-0.39, 0.29) is 29.1 Å². The summed E-state index contributed by atoms with van der Waals surface area (Å²) in [5, 5.41) is 2.37. The Morgan fingerprint density at radius 2 is 1.53 bits per heavy atom. The third kappa shape index (κ3) is 4.60. The van der Waals surface area contributed by atoms with Crippen LogP contribution in [-0.4, -0.2) is 12.1 Å². The zero-order valence-corrected chi connectivity index (χ0v) is 18.7. The van der Waals surface area contributed by atoms with Gasteiger partial charge in [-0.15, -0.1) is 0 Å². The molecule has 0 saturated heterocycles. The topological polar surface area (TPSA) is 30.2 Å². The summed E-state index contributed by atoms with van der Waals surface area (Å²) >= 11 is 0. The van der Waals surface area contributed by atoms with Gasteiger partial charge in [0.15, 0.2) is 12.7 Å². The maximum atomic E-state index is 12.6. The molecule has 0 amide bonds. The Labute approximate surface area is 187 Å². The Morgan fingerprint density at radius 1 is 0.867 bits per heavy atom. The number of nitrogens with zero attached hydrogens (tertiary/aromatic N) is 1. The standard InChI is InChI=1S/C26H24NO2.BrH/c1-19(2)29-26(28)24-15-9-7-13-22(24)18-27-17-16-20-10-6-8-14-23(20)25(27)21-11-4-3-5-12-21;/h3-17,19H,18H2,1-2H3;1H/q+1;/p-1. The number of carbonyl (C=O) groups is 1. The molecule has 4 rings (SSSR count). The number of carbonyl (C=O) groups excluding carboxylic acids is 1. The fourth-order valence-electron chi connectivity index (χ4n) is 3.63. The first-order chi connectivity index (χ1) is 14.1.